The minimum Gasteiger partial charge on any atom is -0.497 e. The monoisotopic (exact) mass is 435 g/mol. The summed E-state index contributed by atoms with van der Waals surface area (Å²) >= 11 is 1.48. The molecular formula is C19H22ClN5O3S. The van der Waals surface area contributed by atoms with Crippen LogP contribution in [-0.4, -0.2) is 72.3 Å². The summed E-state index contributed by atoms with van der Waals surface area (Å²) in [4.78, 5) is 30.0. The molecule has 1 aliphatic rings. The number of fused-ring (bicyclic) bond motifs is 1. The van der Waals surface area contributed by atoms with E-state index in [9.17, 15) is 4.79 Å². The van der Waals surface area contributed by atoms with Crippen molar-refractivity contribution in [3.8, 4) is 5.75 Å². The lowest BCUT2D eigenvalue weighted by atomic mass is 10.3. The molecule has 1 saturated heterocycles. The number of carbonyl (C=O) groups excluding carboxylic acids is 1. The Morgan fingerprint density at radius 2 is 2.14 bits per heavy atom. The lowest BCUT2D eigenvalue weighted by molar-refractivity contribution is 0.0391. The lowest BCUT2D eigenvalue weighted by Gasteiger charge is -2.29. The third-order valence-corrected chi connectivity index (χ3v) is 5.64. The molecule has 0 saturated carbocycles. The highest BCUT2D eigenvalue weighted by molar-refractivity contribution is 7.22. The Morgan fingerprint density at radius 3 is 2.86 bits per heavy atom. The molecule has 8 nitrogen and oxygen atoms in total. The van der Waals surface area contributed by atoms with Gasteiger partial charge in [0.05, 0.1) is 36.7 Å². The number of benzene rings is 1. The van der Waals surface area contributed by atoms with E-state index >= 15 is 0 Å². The second kappa shape index (κ2) is 9.93. The van der Waals surface area contributed by atoms with E-state index in [1.807, 2.05) is 18.2 Å². The van der Waals surface area contributed by atoms with Gasteiger partial charge in [-0.25, -0.2) is 9.97 Å². The topological polar surface area (TPSA) is 80.7 Å². The summed E-state index contributed by atoms with van der Waals surface area (Å²) < 4.78 is 11.7. The molecule has 0 spiro atoms. The predicted molar refractivity (Wildman–Crippen MR) is 114 cm³/mol. The number of nitrogens with zero attached hydrogens (tertiary/aromatic N) is 5. The van der Waals surface area contributed by atoms with Crippen molar-refractivity contribution in [2.75, 3.05) is 51.4 Å². The van der Waals surface area contributed by atoms with Crippen molar-refractivity contribution in [2.24, 2.45) is 0 Å². The maximum Gasteiger partial charge on any atom is 0.280 e. The molecule has 1 aliphatic heterocycles. The van der Waals surface area contributed by atoms with Crippen molar-refractivity contribution in [1.82, 2.24) is 19.9 Å². The summed E-state index contributed by atoms with van der Waals surface area (Å²) in [6, 6.07) is 5.73. The molecule has 0 aliphatic carbocycles. The van der Waals surface area contributed by atoms with E-state index in [0.29, 0.717) is 17.4 Å². The second-order valence-electron chi connectivity index (χ2n) is 6.33. The molecule has 0 bridgehead atoms. The first-order valence-electron chi connectivity index (χ1n) is 9.07. The fraction of sp³-hybridized carbons (Fsp3) is 0.368. The number of methoxy groups -OCH3 is 1. The van der Waals surface area contributed by atoms with Crippen LogP contribution in [0.4, 0.5) is 5.13 Å². The SMILES string of the molecule is COc1ccc2sc(N(CCN3CCOCC3)C(=O)c3cnccn3)nc2c1.Cl. The molecule has 0 N–H and O–H groups in total. The number of halogens is 1. The minimum atomic E-state index is -0.201. The number of morpholine rings is 1. The average Bonchev–Trinajstić information content (AvgIpc) is 3.18. The van der Waals surface area contributed by atoms with Crippen molar-refractivity contribution < 1.29 is 14.3 Å². The van der Waals surface area contributed by atoms with Gasteiger partial charge in [-0.15, -0.1) is 12.4 Å². The third-order valence-electron chi connectivity index (χ3n) is 4.59. The molecule has 10 heteroatoms. The average molecular weight is 436 g/mol. The Labute approximate surface area is 178 Å². The summed E-state index contributed by atoms with van der Waals surface area (Å²) in [5.74, 6) is 0.539. The van der Waals surface area contributed by atoms with E-state index < -0.39 is 0 Å². The van der Waals surface area contributed by atoms with E-state index in [1.54, 1.807) is 18.2 Å². The highest BCUT2D eigenvalue weighted by Gasteiger charge is 2.24. The lowest BCUT2D eigenvalue weighted by Crippen LogP contribution is -2.43. The largest absolute Gasteiger partial charge is 0.497 e. The predicted octanol–water partition coefficient (Wildman–Crippen LogP) is 2.50. The maximum atomic E-state index is 13.1. The van der Waals surface area contributed by atoms with Crippen LogP contribution in [0.2, 0.25) is 0 Å². The molecule has 0 unspecified atom stereocenters. The zero-order valence-corrected chi connectivity index (χ0v) is 17.6. The number of aromatic nitrogens is 3. The van der Waals surface area contributed by atoms with Crippen LogP contribution >= 0.6 is 23.7 Å². The summed E-state index contributed by atoms with van der Waals surface area (Å²) in [7, 11) is 1.63. The molecule has 29 heavy (non-hydrogen) atoms. The van der Waals surface area contributed by atoms with Crippen LogP contribution in [0.3, 0.4) is 0 Å². The Kier molecular flexibility index (Phi) is 7.32. The zero-order valence-electron chi connectivity index (χ0n) is 16.0. The Bertz CT molecular complexity index is 949. The van der Waals surface area contributed by atoms with Gasteiger partial charge in [-0.05, 0) is 12.1 Å². The van der Waals surface area contributed by atoms with Gasteiger partial charge >= 0.3 is 0 Å². The summed E-state index contributed by atoms with van der Waals surface area (Å²) in [6.45, 7) is 4.44. The molecule has 1 aromatic carbocycles. The van der Waals surface area contributed by atoms with Crippen molar-refractivity contribution in [1.29, 1.82) is 0 Å². The van der Waals surface area contributed by atoms with Crippen molar-refractivity contribution in [3.63, 3.8) is 0 Å². The van der Waals surface area contributed by atoms with Gasteiger partial charge in [0.25, 0.3) is 5.91 Å². The van der Waals surface area contributed by atoms with Gasteiger partial charge in [-0.1, -0.05) is 11.3 Å². The highest BCUT2D eigenvalue weighted by atomic mass is 35.5. The number of thiazole rings is 1. The number of rotatable bonds is 6. The Balaban J connectivity index is 0.00000240. The van der Waals surface area contributed by atoms with Crippen molar-refractivity contribution >= 4 is 45.0 Å². The van der Waals surface area contributed by atoms with Gasteiger partial charge in [0.15, 0.2) is 5.13 Å². The molecule has 4 rings (SSSR count). The summed E-state index contributed by atoms with van der Waals surface area (Å²) in [6.07, 6.45) is 4.57. The van der Waals surface area contributed by atoms with Crippen molar-refractivity contribution in [3.05, 3.63) is 42.5 Å². The number of hydrogen-bond acceptors (Lipinski definition) is 8. The standard InChI is InChI=1S/C19H21N5O3S.ClH/c1-26-14-2-3-17-15(12-14)22-19(28-17)24(7-6-23-8-10-27-11-9-23)18(25)16-13-20-4-5-21-16;/h2-5,12-13H,6-11H2,1H3;1H. The molecule has 3 aromatic rings. The number of anilines is 1. The van der Waals surface area contributed by atoms with Gasteiger partial charge in [-0.3, -0.25) is 19.6 Å². The van der Waals surface area contributed by atoms with Crippen LogP contribution in [0.25, 0.3) is 10.2 Å². The molecular weight excluding hydrogens is 414 g/mol. The van der Waals surface area contributed by atoms with Crippen LogP contribution in [0.15, 0.2) is 36.8 Å². The first kappa shape index (κ1) is 21.4. The Morgan fingerprint density at radius 1 is 1.31 bits per heavy atom. The van der Waals surface area contributed by atoms with Crippen LogP contribution < -0.4 is 9.64 Å². The molecule has 154 valence electrons. The van der Waals surface area contributed by atoms with Gasteiger partial charge < -0.3 is 9.47 Å². The van der Waals surface area contributed by atoms with Gasteiger partial charge in [-0.2, -0.15) is 0 Å². The first-order valence-corrected chi connectivity index (χ1v) is 9.89. The van der Waals surface area contributed by atoms with Gasteiger partial charge in [0.2, 0.25) is 0 Å². The van der Waals surface area contributed by atoms with Gasteiger partial charge in [0, 0.05) is 44.6 Å². The molecule has 0 atom stereocenters. The fourth-order valence-electron chi connectivity index (χ4n) is 3.04. The van der Waals surface area contributed by atoms with Crippen LogP contribution in [0, 0.1) is 0 Å². The fourth-order valence-corrected chi connectivity index (χ4v) is 4.01. The summed E-state index contributed by atoms with van der Waals surface area (Å²) in [5, 5.41) is 0.646. The van der Waals surface area contributed by atoms with Gasteiger partial charge in [0.1, 0.15) is 11.4 Å². The number of carbonyl (C=O) groups is 1. The van der Waals surface area contributed by atoms with E-state index in [0.717, 1.165) is 48.8 Å². The van der Waals surface area contributed by atoms with Crippen molar-refractivity contribution in [2.45, 2.75) is 0 Å². The van der Waals surface area contributed by atoms with E-state index in [1.165, 1.54) is 23.7 Å². The molecule has 1 amide bonds. The Hall–Kier alpha value is -2.33. The molecule has 2 aromatic heterocycles. The third kappa shape index (κ3) is 4.99. The van der Waals surface area contributed by atoms with E-state index in [4.69, 9.17) is 9.47 Å². The van der Waals surface area contributed by atoms with E-state index in [2.05, 4.69) is 19.9 Å². The van der Waals surface area contributed by atoms with Crippen LogP contribution in [0.1, 0.15) is 10.5 Å². The highest BCUT2D eigenvalue weighted by Crippen LogP contribution is 2.31. The molecule has 1 fully saturated rings. The quantitative estimate of drug-likeness (QED) is 0.588. The number of hydrogen-bond donors (Lipinski definition) is 0. The number of ether oxygens (including phenoxy) is 2. The number of amides is 1. The van der Waals surface area contributed by atoms with E-state index in [-0.39, 0.29) is 18.3 Å². The maximum absolute atomic E-state index is 13.1. The molecule has 3 heterocycles. The zero-order chi connectivity index (χ0) is 19.3. The minimum absolute atomic E-state index is 0. The summed E-state index contributed by atoms with van der Waals surface area (Å²) in [5.41, 5.74) is 1.11. The first-order chi connectivity index (χ1) is 13.7. The second-order valence-corrected chi connectivity index (χ2v) is 7.34. The normalized spacial score (nSPS) is 14.4. The van der Waals surface area contributed by atoms with Crippen LogP contribution in [0.5, 0.6) is 5.75 Å². The smallest absolute Gasteiger partial charge is 0.280 e. The molecule has 0 radical (unpaired) electrons. The van der Waals surface area contributed by atoms with Crippen LogP contribution in [-0.2, 0) is 4.74 Å².